The fourth-order valence-corrected chi connectivity index (χ4v) is 2.44. The van der Waals surface area contributed by atoms with Crippen molar-refractivity contribution in [2.75, 3.05) is 13.2 Å². The number of carbonyl (C=O) groups excluding carboxylic acids is 1. The Morgan fingerprint density at radius 1 is 1.20 bits per heavy atom. The smallest absolute Gasteiger partial charge is 0.244 e. The molecule has 0 saturated carbocycles. The van der Waals surface area contributed by atoms with Gasteiger partial charge in [0.15, 0.2) is 0 Å². The summed E-state index contributed by atoms with van der Waals surface area (Å²) < 4.78 is 10.6. The predicted molar refractivity (Wildman–Crippen MR) is 96.8 cm³/mol. The molecule has 5 heteroatoms. The summed E-state index contributed by atoms with van der Waals surface area (Å²) in [4.78, 5) is 16.3. The van der Waals surface area contributed by atoms with E-state index in [1.54, 1.807) is 18.5 Å². The van der Waals surface area contributed by atoms with Gasteiger partial charge in [0.1, 0.15) is 12.4 Å². The maximum atomic E-state index is 11.9. The van der Waals surface area contributed by atoms with Crippen LogP contribution in [-0.4, -0.2) is 24.0 Å². The van der Waals surface area contributed by atoms with Crippen LogP contribution in [0.4, 0.5) is 0 Å². The van der Waals surface area contributed by atoms with Gasteiger partial charge in [0.05, 0.1) is 11.8 Å². The normalized spacial score (nSPS) is 11.2. The molecule has 0 aliphatic heterocycles. The molecule has 3 rings (SSSR count). The number of ether oxygens (including phenoxy) is 1. The summed E-state index contributed by atoms with van der Waals surface area (Å²) in [7, 11) is 0. The molecule has 0 fully saturated rings. The van der Waals surface area contributed by atoms with Gasteiger partial charge in [-0.05, 0) is 30.7 Å². The summed E-state index contributed by atoms with van der Waals surface area (Å²) in [6, 6.07) is 13.5. The summed E-state index contributed by atoms with van der Waals surface area (Å²) in [5.41, 5.74) is 1.82. The minimum atomic E-state index is -0.126. The molecule has 0 atom stereocenters. The summed E-state index contributed by atoms with van der Waals surface area (Å²) >= 11 is 0. The van der Waals surface area contributed by atoms with E-state index in [1.807, 2.05) is 42.5 Å². The van der Waals surface area contributed by atoms with E-state index in [0.717, 1.165) is 28.6 Å². The average molecular weight is 336 g/mol. The fraction of sp³-hybridized carbons (Fsp3) is 0.200. The van der Waals surface area contributed by atoms with E-state index in [2.05, 4.69) is 10.3 Å². The van der Waals surface area contributed by atoms with Gasteiger partial charge in [-0.1, -0.05) is 24.3 Å². The molecule has 25 heavy (non-hydrogen) atoms. The number of para-hydroxylation sites is 1. The maximum absolute atomic E-state index is 11.9. The Morgan fingerprint density at radius 2 is 2.12 bits per heavy atom. The number of nitrogens with one attached hydrogen (secondary N) is 1. The van der Waals surface area contributed by atoms with Crippen LogP contribution in [0.1, 0.15) is 17.7 Å². The number of hydrogen-bond donors (Lipinski definition) is 1. The van der Waals surface area contributed by atoms with Gasteiger partial charge in [-0.2, -0.15) is 0 Å². The molecular formula is C20H20N2O3. The number of aromatic nitrogens is 1. The number of carbonyl (C=O) groups is 1. The zero-order chi connectivity index (χ0) is 17.3. The van der Waals surface area contributed by atoms with Crippen molar-refractivity contribution in [3.05, 3.63) is 72.3 Å². The Balaban J connectivity index is 1.40. The van der Waals surface area contributed by atoms with Crippen LogP contribution in [0.25, 0.3) is 17.0 Å². The molecule has 0 unspecified atom stereocenters. The van der Waals surface area contributed by atoms with E-state index >= 15 is 0 Å². The highest BCUT2D eigenvalue weighted by Crippen LogP contribution is 2.16. The zero-order valence-electron chi connectivity index (χ0n) is 13.9. The summed E-state index contributed by atoms with van der Waals surface area (Å²) in [6.07, 6.45) is 7.44. The Morgan fingerprint density at radius 3 is 3.00 bits per heavy atom. The number of hydrogen-bond acceptors (Lipinski definition) is 4. The van der Waals surface area contributed by atoms with Gasteiger partial charge >= 0.3 is 0 Å². The van der Waals surface area contributed by atoms with Crippen LogP contribution in [0.2, 0.25) is 0 Å². The maximum Gasteiger partial charge on any atom is 0.244 e. The van der Waals surface area contributed by atoms with Crippen molar-refractivity contribution in [2.45, 2.75) is 13.0 Å². The number of fused-ring (bicyclic) bond motifs is 1. The molecule has 5 nitrogen and oxygen atoms in total. The molecule has 2 heterocycles. The Bertz CT molecular complexity index is 836. The third-order valence-corrected chi connectivity index (χ3v) is 3.67. The van der Waals surface area contributed by atoms with E-state index < -0.39 is 0 Å². The number of rotatable bonds is 8. The van der Waals surface area contributed by atoms with Crippen molar-refractivity contribution in [1.82, 2.24) is 10.3 Å². The lowest BCUT2D eigenvalue weighted by molar-refractivity contribution is -0.116. The van der Waals surface area contributed by atoms with E-state index in [1.165, 1.54) is 6.08 Å². The van der Waals surface area contributed by atoms with Crippen molar-refractivity contribution >= 4 is 22.9 Å². The Labute approximate surface area is 146 Å². The highest BCUT2D eigenvalue weighted by atomic mass is 16.5. The molecule has 1 aromatic carbocycles. The predicted octanol–water partition coefficient (Wildman–Crippen LogP) is 3.56. The van der Waals surface area contributed by atoms with Gasteiger partial charge in [0, 0.05) is 36.4 Å². The van der Waals surface area contributed by atoms with Gasteiger partial charge in [-0.3, -0.25) is 9.78 Å². The molecule has 0 spiro atoms. The van der Waals surface area contributed by atoms with Gasteiger partial charge in [0.25, 0.3) is 0 Å². The minimum Gasteiger partial charge on any atom is -0.467 e. The molecule has 0 saturated heterocycles. The molecular weight excluding hydrogens is 316 g/mol. The molecule has 128 valence electrons. The lowest BCUT2D eigenvalue weighted by atomic mass is 10.1. The van der Waals surface area contributed by atoms with Crippen LogP contribution < -0.4 is 5.32 Å². The van der Waals surface area contributed by atoms with Crippen molar-refractivity contribution in [1.29, 1.82) is 0 Å². The first-order valence-corrected chi connectivity index (χ1v) is 8.23. The number of nitrogens with zero attached hydrogens (tertiary/aromatic N) is 1. The highest BCUT2D eigenvalue weighted by Gasteiger charge is 2.00. The second-order valence-electron chi connectivity index (χ2n) is 5.53. The van der Waals surface area contributed by atoms with Crippen LogP contribution >= 0.6 is 0 Å². The van der Waals surface area contributed by atoms with Crippen molar-refractivity contribution in [3.63, 3.8) is 0 Å². The molecule has 0 bridgehead atoms. The van der Waals surface area contributed by atoms with Gasteiger partial charge in [-0.15, -0.1) is 0 Å². The molecule has 1 N–H and O–H groups in total. The third-order valence-electron chi connectivity index (χ3n) is 3.67. The van der Waals surface area contributed by atoms with Crippen LogP contribution in [0.3, 0.4) is 0 Å². The molecule has 0 aliphatic rings. The van der Waals surface area contributed by atoms with E-state index in [4.69, 9.17) is 9.15 Å². The Kier molecular flexibility index (Phi) is 5.96. The highest BCUT2D eigenvalue weighted by molar-refractivity contribution is 5.95. The van der Waals surface area contributed by atoms with Crippen molar-refractivity contribution in [2.24, 2.45) is 0 Å². The van der Waals surface area contributed by atoms with Gasteiger partial charge in [0.2, 0.25) is 5.91 Å². The molecule has 2 aromatic heterocycles. The molecule has 0 aliphatic carbocycles. The first-order chi connectivity index (χ1) is 12.3. The van der Waals surface area contributed by atoms with E-state index in [9.17, 15) is 4.79 Å². The van der Waals surface area contributed by atoms with Crippen LogP contribution in [-0.2, 0) is 16.1 Å². The SMILES string of the molecule is O=C(C=Cc1cccc2cccnc12)NCCCOCc1ccco1. The van der Waals surface area contributed by atoms with E-state index in [0.29, 0.717) is 19.8 Å². The van der Waals surface area contributed by atoms with Crippen molar-refractivity contribution in [3.8, 4) is 0 Å². The minimum absolute atomic E-state index is 0.126. The van der Waals surface area contributed by atoms with Crippen molar-refractivity contribution < 1.29 is 13.9 Å². The van der Waals surface area contributed by atoms with Crippen LogP contribution in [0, 0.1) is 0 Å². The fourth-order valence-electron chi connectivity index (χ4n) is 2.44. The summed E-state index contributed by atoms with van der Waals surface area (Å²) in [5, 5.41) is 3.90. The first-order valence-electron chi connectivity index (χ1n) is 8.23. The Hall–Kier alpha value is -2.92. The zero-order valence-corrected chi connectivity index (χ0v) is 13.9. The number of pyridine rings is 1. The second kappa shape index (κ2) is 8.80. The quantitative estimate of drug-likeness (QED) is 0.504. The lowest BCUT2D eigenvalue weighted by Crippen LogP contribution is -2.23. The monoisotopic (exact) mass is 336 g/mol. The average Bonchev–Trinajstić information content (AvgIpc) is 3.16. The standard InChI is InChI=1S/C20H20N2O3/c23-19(21-12-4-13-24-15-18-8-3-14-25-18)10-9-17-6-1-5-16-7-2-11-22-20(16)17/h1-3,5-11,14H,4,12-13,15H2,(H,21,23). The number of furan rings is 1. The summed E-state index contributed by atoms with van der Waals surface area (Å²) in [5.74, 6) is 0.676. The number of amides is 1. The summed E-state index contributed by atoms with van der Waals surface area (Å²) in [6.45, 7) is 1.59. The number of benzene rings is 1. The topological polar surface area (TPSA) is 64.4 Å². The van der Waals surface area contributed by atoms with Crippen LogP contribution in [0.5, 0.6) is 0 Å². The van der Waals surface area contributed by atoms with Crippen LogP contribution in [0.15, 0.2) is 65.4 Å². The van der Waals surface area contributed by atoms with Gasteiger partial charge in [-0.25, -0.2) is 0 Å². The lowest BCUT2D eigenvalue weighted by Gasteiger charge is -2.04. The molecule has 1 amide bonds. The second-order valence-corrected chi connectivity index (χ2v) is 5.53. The largest absolute Gasteiger partial charge is 0.467 e. The first kappa shape index (κ1) is 16.9. The molecule has 0 radical (unpaired) electrons. The third kappa shape index (κ3) is 5.02. The van der Waals surface area contributed by atoms with Gasteiger partial charge < -0.3 is 14.5 Å². The molecule has 3 aromatic rings. The van der Waals surface area contributed by atoms with E-state index in [-0.39, 0.29) is 5.91 Å².